The largest absolute Gasteiger partial charge is 0.481 e. The zero-order valence-electron chi connectivity index (χ0n) is 13.6. The standard InChI is InChI=1S/C16H31N3O2/c1-3-7-18-8-6-15(14(13-18)4-5-16(20)21)19-11-9-17(2)10-12-19/h14-15H,3-13H2,1-2H3,(H,20,21). The smallest absolute Gasteiger partial charge is 0.303 e. The fourth-order valence-electron chi connectivity index (χ4n) is 3.84. The fraction of sp³-hybridized carbons (Fsp3) is 0.938. The van der Waals surface area contributed by atoms with E-state index in [1.807, 2.05) is 0 Å². The number of hydrogen-bond acceptors (Lipinski definition) is 4. The van der Waals surface area contributed by atoms with Crippen LogP contribution in [-0.4, -0.2) is 84.7 Å². The Labute approximate surface area is 128 Å². The van der Waals surface area contributed by atoms with Crippen LogP contribution in [0.5, 0.6) is 0 Å². The van der Waals surface area contributed by atoms with Crippen molar-refractivity contribution in [3.8, 4) is 0 Å². The molecule has 0 aromatic heterocycles. The van der Waals surface area contributed by atoms with Gasteiger partial charge in [-0.25, -0.2) is 0 Å². The molecular weight excluding hydrogens is 266 g/mol. The number of carboxylic acids is 1. The Morgan fingerprint density at radius 3 is 2.52 bits per heavy atom. The quantitative estimate of drug-likeness (QED) is 0.798. The molecule has 122 valence electrons. The fourth-order valence-corrected chi connectivity index (χ4v) is 3.84. The second kappa shape index (κ2) is 8.11. The Balaban J connectivity index is 1.94. The van der Waals surface area contributed by atoms with Gasteiger partial charge in [0.1, 0.15) is 0 Å². The van der Waals surface area contributed by atoms with Gasteiger partial charge in [0.2, 0.25) is 0 Å². The first kappa shape index (κ1) is 16.7. The number of carboxylic acid groups (broad SMARTS) is 1. The predicted octanol–water partition coefficient (Wildman–Crippen LogP) is 1.20. The van der Waals surface area contributed by atoms with Crippen LogP contribution in [0, 0.1) is 5.92 Å². The minimum Gasteiger partial charge on any atom is -0.481 e. The lowest BCUT2D eigenvalue weighted by molar-refractivity contribution is -0.137. The Hall–Kier alpha value is -0.650. The maximum atomic E-state index is 10.9. The second-order valence-electron chi connectivity index (χ2n) is 6.69. The van der Waals surface area contributed by atoms with Crippen molar-refractivity contribution in [1.82, 2.24) is 14.7 Å². The van der Waals surface area contributed by atoms with E-state index < -0.39 is 5.97 Å². The molecule has 2 atom stereocenters. The molecule has 0 aromatic rings. The molecule has 2 rings (SSSR count). The third-order valence-electron chi connectivity index (χ3n) is 5.05. The number of likely N-dealkylation sites (N-methyl/N-ethyl adjacent to an activating group) is 1. The molecule has 0 aromatic carbocycles. The van der Waals surface area contributed by atoms with Gasteiger partial charge in [0, 0.05) is 45.2 Å². The molecule has 2 saturated heterocycles. The van der Waals surface area contributed by atoms with E-state index in [0.717, 1.165) is 45.7 Å². The first-order valence-corrected chi connectivity index (χ1v) is 8.47. The average molecular weight is 297 g/mol. The van der Waals surface area contributed by atoms with Crippen LogP contribution in [0.15, 0.2) is 0 Å². The van der Waals surface area contributed by atoms with Gasteiger partial charge in [0.05, 0.1) is 0 Å². The van der Waals surface area contributed by atoms with Gasteiger partial charge in [0.15, 0.2) is 0 Å². The molecule has 5 heteroatoms. The van der Waals surface area contributed by atoms with Crippen molar-refractivity contribution in [2.24, 2.45) is 5.92 Å². The zero-order chi connectivity index (χ0) is 15.2. The lowest BCUT2D eigenvalue weighted by Gasteiger charge is -2.46. The molecule has 21 heavy (non-hydrogen) atoms. The van der Waals surface area contributed by atoms with Crippen LogP contribution < -0.4 is 0 Å². The van der Waals surface area contributed by atoms with Crippen molar-refractivity contribution >= 4 is 5.97 Å². The van der Waals surface area contributed by atoms with Gasteiger partial charge in [-0.2, -0.15) is 0 Å². The highest BCUT2D eigenvalue weighted by Gasteiger charge is 2.34. The molecule has 0 aliphatic carbocycles. The summed E-state index contributed by atoms with van der Waals surface area (Å²) in [6.45, 7) is 10.2. The van der Waals surface area contributed by atoms with Crippen molar-refractivity contribution < 1.29 is 9.90 Å². The van der Waals surface area contributed by atoms with Crippen molar-refractivity contribution in [3.05, 3.63) is 0 Å². The predicted molar refractivity (Wildman–Crippen MR) is 84.6 cm³/mol. The first-order chi connectivity index (χ1) is 10.1. The third-order valence-corrected chi connectivity index (χ3v) is 5.05. The van der Waals surface area contributed by atoms with Gasteiger partial charge >= 0.3 is 5.97 Å². The van der Waals surface area contributed by atoms with Crippen LogP contribution in [0.2, 0.25) is 0 Å². The average Bonchev–Trinajstić information content (AvgIpc) is 2.47. The normalized spacial score (nSPS) is 29.6. The zero-order valence-corrected chi connectivity index (χ0v) is 13.6. The van der Waals surface area contributed by atoms with Gasteiger partial charge < -0.3 is 14.9 Å². The second-order valence-corrected chi connectivity index (χ2v) is 6.69. The first-order valence-electron chi connectivity index (χ1n) is 8.47. The highest BCUT2D eigenvalue weighted by Crippen LogP contribution is 2.27. The van der Waals surface area contributed by atoms with Crippen LogP contribution in [0.1, 0.15) is 32.6 Å². The van der Waals surface area contributed by atoms with E-state index in [4.69, 9.17) is 5.11 Å². The number of hydrogen-bond donors (Lipinski definition) is 1. The van der Waals surface area contributed by atoms with Gasteiger partial charge in [-0.3, -0.25) is 9.69 Å². The van der Waals surface area contributed by atoms with Gasteiger partial charge in [-0.05, 0) is 45.3 Å². The summed E-state index contributed by atoms with van der Waals surface area (Å²) in [4.78, 5) is 18.5. The van der Waals surface area contributed by atoms with Crippen LogP contribution >= 0.6 is 0 Å². The summed E-state index contributed by atoms with van der Waals surface area (Å²) in [5.41, 5.74) is 0. The molecule has 2 aliphatic heterocycles. The van der Waals surface area contributed by atoms with E-state index in [-0.39, 0.29) is 0 Å². The maximum absolute atomic E-state index is 10.9. The number of carbonyl (C=O) groups is 1. The Kier molecular flexibility index (Phi) is 6.45. The molecule has 0 amide bonds. The molecule has 2 fully saturated rings. The molecule has 1 N–H and O–H groups in total. The number of aliphatic carboxylic acids is 1. The molecule has 2 unspecified atom stereocenters. The van der Waals surface area contributed by atoms with Gasteiger partial charge in [0.25, 0.3) is 0 Å². The van der Waals surface area contributed by atoms with Crippen molar-refractivity contribution in [3.63, 3.8) is 0 Å². The maximum Gasteiger partial charge on any atom is 0.303 e. The minimum absolute atomic E-state index is 0.314. The Morgan fingerprint density at radius 1 is 1.19 bits per heavy atom. The van der Waals surface area contributed by atoms with Crippen molar-refractivity contribution in [1.29, 1.82) is 0 Å². The third kappa shape index (κ3) is 4.94. The summed E-state index contributed by atoms with van der Waals surface area (Å²) >= 11 is 0. The highest BCUT2D eigenvalue weighted by molar-refractivity contribution is 5.66. The van der Waals surface area contributed by atoms with Crippen LogP contribution in [0.25, 0.3) is 0 Å². The summed E-state index contributed by atoms with van der Waals surface area (Å²) in [5.74, 6) is -0.135. The van der Waals surface area contributed by atoms with E-state index in [2.05, 4.69) is 28.7 Å². The molecule has 0 bridgehead atoms. The summed E-state index contributed by atoms with van der Waals surface area (Å²) < 4.78 is 0. The molecular formula is C16H31N3O2. The van der Waals surface area contributed by atoms with E-state index in [1.165, 1.54) is 19.4 Å². The van der Waals surface area contributed by atoms with E-state index in [9.17, 15) is 4.79 Å². The molecule has 2 aliphatic rings. The SMILES string of the molecule is CCCN1CCC(N2CCN(C)CC2)C(CCC(=O)O)C1. The van der Waals surface area contributed by atoms with Crippen LogP contribution in [0.4, 0.5) is 0 Å². The number of piperidine rings is 1. The van der Waals surface area contributed by atoms with E-state index >= 15 is 0 Å². The monoisotopic (exact) mass is 297 g/mol. The van der Waals surface area contributed by atoms with Gasteiger partial charge in [-0.15, -0.1) is 0 Å². The van der Waals surface area contributed by atoms with E-state index in [0.29, 0.717) is 18.4 Å². The molecule has 0 spiro atoms. The summed E-state index contributed by atoms with van der Waals surface area (Å²) in [7, 11) is 2.18. The van der Waals surface area contributed by atoms with Crippen molar-refractivity contribution in [2.45, 2.75) is 38.6 Å². The Bertz CT molecular complexity index is 329. The minimum atomic E-state index is -0.653. The molecule has 0 radical (unpaired) electrons. The number of likely N-dealkylation sites (tertiary alicyclic amines) is 1. The van der Waals surface area contributed by atoms with Crippen LogP contribution in [0.3, 0.4) is 0 Å². The highest BCUT2D eigenvalue weighted by atomic mass is 16.4. The van der Waals surface area contributed by atoms with Gasteiger partial charge in [-0.1, -0.05) is 6.92 Å². The molecule has 5 nitrogen and oxygen atoms in total. The summed E-state index contributed by atoms with van der Waals surface area (Å²) in [5, 5.41) is 9.01. The summed E-state index contributed by atoms with van der Waals surface area (Å²) in [6.07, 6.45) is 3.53. The lowest BCUT2D eigenvalue weighted by Crippen LogP contribution is -2.56. The number of nitrogens with zero attached hydrogens (tertiary/aromatic N) is 3. The summed E-state index contributed by atoms with van der Waals surface area (Å²) in [6, 6.07) is 0.589. The molecule has 0 saturated carbocycles. The van der Waals surface area contributed by atoms with E-state index in [1.54, 1.807) is 0 Å². The van der Waals surface area contributed by atoms with Crippen molar-refractivity contribution in [2.75, 3.05) is 52.9 Å². The number of rotatable bonds is 6. The number of piperazine rings is 1. The Morgan fingerprint density at radius 2 is 1.90 bits per heavy atom. The van der Waals surface area contributed by atoms with Crippen LogP contribution in [-0.2, 0) is 4.79 Å². The topological polar surface area (TPSA) is 47.0 Å². The molecule has 2 heterocycles. The lowest BCUT2D eigenvalue weighted by atomic mass is 9.86.